The minimum atomic E-state index is -0.522. The number of amides is 2. The first-order valence-corrected chi connectivity index (χ1v) is 10.4. The molecule has 0 unspecified atom stereocenters. The van der Waals surface area contributed by atoms with Gasteiger partial charge in [-0.2, -0.15) is 0 Å². The first-order chi connectivity index (χ1) is 13.5. The van der Waals surface area contributed by atoms with Crippen LogP contribution in [0.1, 0.15) is 16.8 Å². The number of hydrogen-bond acceptors (Lipinski definition) is 8. The zero-order chi connectivity index (χ0) is 20.1. The molecule has 148 valence electrons. The van der Waals surface area contributed by atoms with E-state index in [9.17, 15) is 19.2 Å². The van der Waals surface area contributed by atoms with Crippen molar-refractivity contribution in [3.05, 3.63) is 34.9 Å². The molecule has 2 amide bonds. The minimum absolute atomic E-state index is 0.102. The number of thioether (sulfide) groups is 2. The number of anilines is 1. The lowest BCUT2D eigenvalue weighted by Crippen LogP contribution is -2.27. The van der Waals surface area contributed by atoms with E-state index in [1.54, 1.807) is 18.2 Å². The number of hydrogen-bond donors (Lipinski definition) is 1. The number of esters is 2. The van der Waals surface area contributed by atoms with Crippen molar-refractivity contribution in [2.45, 2.75) is 11.3 Å². The Morgan fingerprint density at radius 3 is 2.86 bits per heavy atom. The lowest BCUT2D eigenvalue weighted by Gasteiger charge is -2.17. The van der Waals surface area contributed by atoms with Gasteiger partial charge in [-0.05, 0) is 24.6 Å². The van der Waals surface area contributed by atoms with Crippen LogP contribution in [0.3, 0.4) is 0 Å². The largest absolute Gasteiger partial charge is 0.466 e. The molecule has 2 aliphatic rings. The second-order valence-corrected chi connectivity index (χ2v) is 7.89. The number of nitrogens with one attached hydrogen (secondary N) is 1. The molecule has 0 spiro atoms. The molecule has 8 nitrogen and oxygen atoms in total. The number of fused-ring (bicyclic) bond motifs is 1. The van der Waals surface area contributed by atoms with Gasteiger partial charge in [-0.1, -0.05) is 11.8 Å². The average molecular weight is 422 g/mol. The Hall–Kier alpha value is -2.46. The van der Waals surface area contributed by atoms with Crippen molar-refractivity contribution in [3.63, 3.8) is 0 Å². The Kier molecular flexibility index (Phi) is 6.63. The van der Waals surface area contributed by atoms with Crippen LogP contribution < -0.4 is 5.32 Å². The van der Waals surface area contributed by atoms with Gasteiger partial charge in [0, 0.05) is 11.4 Å². The van der Waals surface area contributed by atoms with E-state index in [4.69, 9.17) is 4.74 Å². The minimum Gasteiger partial charge on any atom is -0.466 e. The Morgan fingerprint density at radius 2 is 2.07 bits per heavy atom. The Bertz CT molecular complexity index is 854. The SMILES string of the molecule is COC(=O)/C=C1/SCC(=O)N1CCCOC(=O)c1ccc2c(c1)NC(=O)CS2. The van der Waals surface area contributed by atoms with Crippen molar-refractivity contribution in [1.82, 2.24) is 4.90 Å². The topological polar surface area (TPSA) is 102 Å². The van der Waals surface area contributed by atoms with Crippen molar-refractivity contribution in [3.8, 4) is 0 Å². The first kappa shape index (κ1) is 20.3. The van der Waals surface area contributed by atoms with Crippen LogP contribution in [-0.4, -0.2) is 60.4 Å². The second kappa shape index (κ2) is 9.16. The van der Waals surface area contributed by atoms with Crippen molar-refractivity contribution in [1.29, 1.82) is 0 Å². The molecular weight excluding hydrogens is 404 g/mol. The van der Waals surface area contributed by atoms with Crippen molar-refractivity contribution >= 4 is 53.0 Å². The molecule has 1 aromatic rings. The number of benzene rings is 1. The molecule has 0 saturated carbocycles. The van der Waals surface area contributed by atoms with Crippen LogP contribution in [0.5, 0.6) is 0 Å². The number of nitrogens with zero attached hydrogens (tertiary/aromatic N) is 1. The first-order valence-electron chi connectivity index (χ1n) is 8.44. The summed E-state index contributed by atoms with van der Waals surface area (Å²) in [7, 11) is 1.27. The molecule has 0 bridgehead atoms. The van der Waals surface area contributed by atoms with E-state index < -0.39 is 11.9 Å². The Morgan fingerprint density at radius 1 is 1.25 bits per heavy atom. The lowest BCUT2D eigenvalue weighted by atomic mass is 10.2. The Balaban J connectivity index is 1.51. The van der Waals surface area contributed by atoms with E-state index in [0.29, 0.717) is 35.0 Å². The van der Waals surface area contributed by atoms with Crippen LogP contribution in [0.25, 0.3) is 0 Å². The Labute approximate surface area is 170 Å². The standard InChI is InChI=1S/C18H18N2O6S2/c1-25-17(23)8-16-20(15(22)10-28-16)5-2-6-26-18(24)11-3-4-13-12(7-11)19-14(21)9-27-13/h3-4,7-8H,2,5-6,9-10H2,1H3,(H,19,21)/b16-8+. The summed E-state index contributed by atoms with van der Waals surface area (Å²) in [6.45, 7) is 0.454. The summed E-state index contributed by atoms with van der Waals surface area (Å²) < 4.78 is 9.85. The summed E-state index contributed by atoms with van der Waals surface area (Å²) in [5.41, 5.74) is 0.952. The van der Waals surface area contributed by atoms with Gasteiger partial charge in [0.1, 0.15) is 0 Å². The number of rotatable bonds is 6. The van der Waals surface area contributed by atoms with Crippen LogP contribution in [-0.2, 0) is 23.9 Å². The fraction of sp³-hybridized carbons (Fsp3) is 0.333. The normalized spacial score (nSPS) is 17.3. The highest BCUT2D eigenvalue weighted by atomic mass is 32.2. The van der Waals surface area contributed by atoms with Gasteiger partial charge >= 0.3 is 11.9 Å². The molecule has 2 aliphatic heterocycles. The van der Waals surface area contributed by atoms with Crippen LogP contribution in [0.4, 0.5) is 5.69 Å². The highest BCUT2D eigenvalue weighted by molar-refractivity contribution is 8.04. The average Bonchev–Trinajstić information content (AvgIpc) is 3.03. The van der Waals surface area contributed by atoms with E-state index in [0.717, 1.165) is 4.90 Å². The van der Waals surface area contributed by atoms with Gasteiger partial charge in [0.15, 0.2) is 0 Å². The van der Waals surface area contributed by atoms with Crippen molar-refractivity contribution in [2.24, 2.45) is 0 Å². The molecule has 1 aromatic carbocycles. The maximum atomic E-state index is 12.2. The maximum absolute atomic E-state index is 12.2. The molecule has 28 heavy (non-hydrogen) atoms. The van der Waals surface area contributed by atoms with Gasteiger partial charge in [0.2, 0.25) is 11.8 Å². The maximum Gasteiger partial charge on any atom is 0.338 e. The monoisotopic (exact) mass is 422 g/mol. The molecule has 0 aromatic heterocycles. The summed E-state index contributed by atoms with van der Waals surface area (Å²) in [6.07, 6.45) is 1.70. The van der Waals surface area contributed by atoms with Gasteiger partial charge in [-0.15, -0.1) is 11.8 Å². The fourth-order valence-corrected chi connectivity index (χ4v) is 4.35. The predicted octanol–water partition coefficient (Wildman–Crippen LogP) is 1.87. The highest BCUT2D eigenvalue weighted by Gasteiger charge is 2.27. The van der Waals surface area contributed by atoms with Crippen LogP contribution in [0.15, 0.2) is 34.2 Å². The van der Waals surface area contributed by atoms with Crippen LogP contribution in [0, 0.1) is 0 Å². The summed E-state index contributed by atoms with van der Waals surface area (Å²) in [5, 5.41) is 3.26. The molecule has 10 heteroatoms. The molecule has 0 radical (unpaired) electrons. The van der Waals surface area contributed by atoms with Crippen LogP contribution >= 0.6 is 23.5 Å². The molecule has 2 heterocycles. The number of carbonyl (C=O) groups excluding carboxylic acids is 4. The highest BCUT2D eigenvalue weighted by Crippen LogP contribution is 2.32. The van der Waals surface area contributed by atoms with E-state index in [1.165, 1.54) is 41.6 Å². The molecular formula is C18H18N2O6S2. The van der Waals surface area contributed by atoms with Gasteiger partial charge in [0.05, 0.1) is 47.6 Å². The number of carbonyl (C=O) groups is 4. The lowest BCUT2D eigenvalue weighted by molar-refractivity contribution is -0.134. The van der Waals surface area contributed by atoms with Crippen molar-refractivity contribution in [2.75, 3.05) is 37.1 Å². The molecule has 3 rings (SSSR count). The van der Waals surface area contributed by atoms with Gasteiger partial charge in [0.25, 0.3) is 0 Å². The third-order valence-electron chi connectivity index (χ3n) is 3.96. The third-order valence-corrected chi connectivity index (χ3v) is 6.06. The molecule has 1 fully saturated rings. The smallest absolute Gasteiger partial charge is 0.338 e. The molecule has 1 N–H and O–H groups in total. The van der Waals surface area contributed by atoms with Crippen LogP contribution in [0.2, 0.25) is 0 Å². The summed E-state index contributed by atoms with van der Waals surface area (Å²) in [5.74, 6) is -0.606. The van der Waals surface area contributed by atoms with Gasteiger partial charge in [-0.3, -0.25) is 9.59 Å². The number of ether oxygens (including phenoxy) is 2. The predicted molar refractivity (Wildman–Crippen MR) is 105 cm³/mol. The van der Waals surface area contributed by atoms with E-state index >= 15 is 0 Å². The quantitative estimate of drug-likeness (QED) is 0.421. The molecule has 0 atom stereocenters. The third kappa shape index (κ3) is 4.87. The fourth-order valence-electron chi connectivity index (χ4n) is 2.61. The summed E-state index contributed by atoms with van der Waals surface area (Å²) >= 11 is 2.69. The zero-order valence-electron chi connectivity index (χ0n) is 15.1. The van der Waals surface area contributed by atoms with E-state index in [-0.39, 0.29) is 24.2 Å². The number of methoxy groups -OCH3 is 1. The summed E-state index contributed by atoms with van der Waals surface area (Å²) in [6, 6.07) is 5.03. The van der Waals surface area contributed by atoms with Gasteiger partial charge in [-0.25, -0.2) is 9.59 Å². The van der Waals surface area contributed by atoms with E-state index in [2.05, 4.69) is 10.1 Å². The summed E-state index contributed by atoms with van der Waals surface area (Å²) in [4.78, 5) is 49.4. The zero-order valence-corrected chi connectivity index (χ0v) is 16.7. The van der Waals surface area contributed by atoms with Gasteiger partial charge < -0.3 is 19.7 Å². The second-order valence-electron chi connectivity index (χ2n) is 5.88. The molecule has 1 saturated heterocycles. The van der Waals surface area contributed by atoms with E-state index in [1.807, 2.05) is 0 Å². The molecule has 0 aliphatic carbocycles. The van der Waals surface area contributed by atoms with Crippen molar-refractivity contribution < 1.29 is 28.7 Å².